The first-order valence-corrected chi connectivity index (χ1v) is 6.71. The lowest BCUT2D eigenvalue weighted by Crippen LogP contribution is -2.21. The number of para-hydroxylation sites is 1. The van der Waals surface area contributed by atoms with Crippen molar-refractivity contribution < 1.29 is 9.53 Å². The maximum absolute atomic E-state index is 11.6. The Bertz CT molecular complexity index is 508. The molecule has 4 heteroatoms. The smallest absolute Gasteiger partial charge is 0.261 e. The number of hydrogen-bond acceptors (Lipinski definition) is 3. The first-order valence-electron chi connectivity index (χ1n) is 5.83. The van der Waals surface area contributed by atoms with Crippen LogP contribution in [0.2, 0.25) is 0 Å². The van der Waals surface area contributed by atoms with Crippen molar-refractivity contribution in [2.75, 3.05) is 6.54 Å². The molecule has 3 nitrogen and oxygen atoms in total. The van der Waals surface area contributed by atoms with Crippen molar-refractivity contribution in [2.24, 2.45) is 0 Å². The standard InChI is InChI=1S/C14H15NO2S/c1-2-15-14(16)13-8-11(10-18-13)9-17-12-6-4-3-5-7-12/h3-8,10H,2,9H2,1H3,(H,15,16). The van der Waals surface area contributed by atoms with Gasteiger partial charge in [-0.05, 0) is 30.5 Å². The Morgan fingerprint density at radius 1 is 1.33 bits per heavy atom. The Hall–Kier alpha value is -1.81. The van der Waals surface area contributed by atoms with Gasteiger partial charge in [-0.25, -0.2) is 0 Å². The number of rotatable bonds is 5. The average Bonchev–Trinajstić information content (AvgIpc) is 2.87. The molecule has 0 fully saturated rings. The monoisotopic (exact) mass is 261 g/mol. The fraction of sp³-hybridized carbons (Fsp3) is 0.214. The zero-order valence-corrected chi connectivity index (χ0v) is 11.0. The molecule has 2 rings (SSSR count). The molecule has 1 heterocycles. The van der Waals surface area contributed by atoms with Crippen molar-refractivity contribution in [2.45, 2.75) is 13.5 Å². The predicted octanol–water partition coefficient (Wildman–Crippen LogP) is 3.08. The highest BCUT2D eigenvalue weighted by Gasteiger charge is 2.08. The van der Waals surface area contributed by atoms with E-state index in [1.165, 1.54) is 11.3 Å². The molecular weight excluding hydrogens is 246 g/mol. The summed E-state index contributed by atoms with van der Waals surface area (Å²) in [4.78, 5) is 12.3. The van der Waals surface area contributed by atoms with Crippen molar-refractivity contribution >= 4 is 17.2 Å². The normalized spacial score (nSPS) is 10.1. The molecule has 0 aliphatic rings. The molecule has 0 unspecified atom stereocenters. The van der Waals surface area contributed by atoms with E-state index in [4.69, 9.17) is 4.74 Å². The summed E-state index contributed by atoms with van der Waals surface area (Å²) < 4.78 is 5.62. The maximum Gasteiger partial charge on any atom is 0.261 e. The average molecular weight is 261 g/mol. The number of nitrogens with one attached hydrogen (secondary N) is 1. The molecule has 1 aromatic carbocycles. The second-order valence-corrected chi connectivity index (χ2v) is 4.69. The van der Waals surface area contributed by atoms with E-state index < -0.39 is 0 Å². The Morgan fingerprint density at radius 3 is 2.83 bits per heavy atom. The topological polar surface area (TPSA) is 38.3 Å². The number of hydrogen-bond donors (Lipinski definition) is 1. The van der Waals surface area contributed by atoms with Crippen LogP contribution in [0.4, 0.5) is 0 Å². The Morgan fingerprint density at radius 2 is 2.11 bits per heavy atom. The summed E-state index contributed by atoms with van der Waals surface area (Å²) in [5.74, 6) is 0.816. The summed E-state index contributed by atoms with van der Waals surface area (Å²) in [6.45, 7) is 3.04. The highest BCUT2D eigenvalue weighted by molar-refractivity contribution is 7.12. The van der Waals surface area contributed by atoms with Crippen molar-refractivity contribution in [3.63, 3.8) is 0 Å². The molecule has 0 saturated heterocycles. The number of carbonyl (C=O) groups is 1. The van der Waals surface area contributed by atoms with Crippen LogP contribution < -0.4 is 10.1 Å². The van der Waals surface area contributed by atoms with Crippen LogP contribution in [-0.2, 0) is 6.61 Å². The Kier molecular flexibility index (Phi) is 4.36. The number of thiophene rings is 1. The number of carbonyl (C=O) groups excluding carboxylic acids is 1. The number of amides is 1. The van der Waals surface area contributed by atoms with Crippen LogP contribution >= 0.6 is 11.3 Å². The molecule has 0 aliphatic heterocycles. The maximum atomic E-state index is 11.6. The van der Waals surface area contributed by atoms with Gasteiger partial charge in [0.1, 0.15) is 12.4 Å². The minimum absolute atomic E-state index is 0.0199. The molecule has 0 spiro atoms. The van der Waals surface area contributed by atoms with Gasteiger partial charge in [-0.1, -0.05) is 18.2 Å². The Labute approximate surface area is 110 Å². The van der Waals surface area contributed by atoms with Gasteiger partial charge in [0.2, 0.25) is 0 Å². The van der Waals surface area contributed by atoms with Crippen molar-refractivity contribution in [1.29, 1.82) is 0 Å². The molecule has 18 heavy (non-hydrogen) atoms. The summed E-state index contributed by atoms with van der Waals surface area (Å²) >= 11 is 1.44. The SMILES string of the molecule is CCNC(=O)c1cc(COc2ccccc2)cs1. The summed E-state index contributed by atoms with van der Waals surface area (Å²) in [5.41, 5.74) is 1.02. The van der Waals surface area contributed by atoms with Crippen molar-refractivity contribution in [3.8, 4) is 5.75 Å². The van der Waals surface area contributed by atoms with E-state index >= 15 is 0 Å². The van der Waals surface area contributed by atoms with Gasteiger partial charge in [0.05, 0.1) is 4.88 Å². The van der Waals surface area contributed by atoms with Gasteiger partial charge in [0.15, 0.2) is 0 Å². The summed E-state index contributed by atoms with van der Waals surface area (Å²) in [6.07, 6.45) is 0. The van der Waals surface area contributed by atoms with E-state index in [1.54, 1.807) is 0 Å². The van der Waals surface area contributed by atoms with Crippen LogP contribution in [-0.4, -0.2) is 12.5 Å². The van der Waals surface area contributed by atoms with Crippen LogP contribution in [0, 0.1) is 0 Å². The molecule has 2 aromatic rings. The second kappa shape index (κ2) is 6.21. The number of benzene rings is 1. The lowest BCUT2D eigenvalue weighted by molar-refractivity contribution is 0.0960. The molecular formula is C14H15NO2S. The van der Waals surface area contributed by atoms with Crippen LogP contribution in [0.1, 0.15) is 22.2 Å². The predicted molar refractivity (Wildman–Crippen MR) is 73.1 cm³/mol. The van der Waals surface area contributed by atoms with E-state index in [0.29, 0.717) is 13.2 Å². The zero-order chi connectivity index (χ0) is 12.8. The molecule has 0 radical (unpaired) electrons. The summed E-state index contributed by atoms with van der Waals surface area (Å²) in [6, 6.07) is 11.5. The third-order valence-corrected chi connectivity index (χ3v) is 3.34. The molecule has 1 amide bonds. The third kappa shape index (κ3) is 3.34. The highest BCUT2D eigenvalue weighted by Crippen LogP contribution is 2.17. The first kappa shape index (κ1) is 12.6. The lowest BCUT2D eigenvalue weighted by atomic mass is 10.3. The van der Waals surface area contributed by atoms with Gasteiger partial charge in [-0.2, -0.15) is 0 Å². The second-order valence-electron chi connectivity index (χ2n) is 3.78. The molecule has 1 aromatic heterocycles. The van der Waals surface area contributed by atoms with E-state index in [0.717, 1.165) is 16.2 Å². The van der Waals surface area contributed by atoms with Gasteiger partial charge in [-0.15, -0.1) is 11.3 Å². The van der Waals surface area contributed by atoms with Gasteiger partial charge in [0.25, 0.3) is 5.91 Å². The highest BCUT2D eigenvalue weighted by atomic mass is 32.1. The van der Waals surface area contributed by atoms with Crippen LogP contribution in [0.3, 0.4) is 0 Å². The zero-order valence-electron chi connectivity index (χ0n) is 10.2. The molecule has 94 valence electrons. The van der Waals surface area contributed by atoms with E-state index in [9.17, 15) is 4.79 Å². The molecule has 1 N–H and O–H groups in total. The van der Waals surface area contributed by atoms with Crippen LogP contribution in [0.15, 0.2) is 41.8 Å². The van der Waals surface area contributed by atoms with Crippen molar-refractivity contribution in [1.82, 2.24) is 5.32 Å². The summed E-state index contributed by atoms with van der Waals surface area (Å²) in [7, 11) is 0. The van der Waals surface area contributed by atoms with Gasteiger partial charge < -0.3 is 10.1 Å². The number of ether oxygens (including phenoxy) is 1. The first-order chi connectivity index (χ1) is 8.79. The molecule has 0 bridgehead atoms. The van der Waals surface area contributed by atoms with Crippen LogP contribution in [0.5, 0.6) is 5.75 Å². The van der Waals surface area contributed by atoms with E-state index in [-0.39, 0.29) is 5.91 Å². The van der Waals surface area contributed by atoms with Crippen molar-refractivity contribution in [3.05, 3.63) is 52.2 Å². The fourth-order valence-corrected chi connectivity index (χ4v) is 2.31. The van der Waals surface area contributed by atoms with Crippen LogP contribution in [0.25, 0.3) is 0 Å². The van der Waals surface area contributed by atoms with Gasteiger partial charge in [0, 0.05) is 12.1 Å². The molecule has 0 saturated carbocycles. The van der Waals surface area contributed by atoms with Gasteiger partial charge in [-0.3, -0.25) is 4.79 Å². The third-order valence-electron chi connectivity index (χ3n) is 2.36. The molecule has 0 aliphatic carbocycles. The van der Waals surface area contributed by atoms with E-state index in [2.05, 4.69) is 5.32 Å². The summed E-state index contributed by atoms with van der Waals surface area (Å²) in [5, 5.41) is 4.73. The molecule has 0 atom stereocenters. The van der Waals surface area contributed by atoms with E-state index in [1.807, 2.05) is 48.7 Å². The fourth-order valence-electron chi connectivity index (χ4n) is 1.50. The quantitative estimate of drug-likeness (QED) is 0.898. The minimum Gasteiger partial charge on any atom is -0.489 e. The largest absolute Gasteiger partial charge is 0.489 e. The Balaban J connectivity index is 1.93. The minimum atomic E-state index is -0.0199. The van der Waals surface area contributed by atoms with Gasteiger partial charge >= 0.3 is 0 Å². The lowest BCUT2D eigenvalue weighted by Gasteiger charge is -2.03.